The van der Waals surface area contributed by atoms with Crippen LogP contribution in [0.4, 0.5) is 0 Å². The van der Waals surface area contributed by atoms with E-state index >= 15 is 0 Å². The molecule has 0 bridgehead atoms. The van der Waals surface area contributed by atoms with Gasteiger partial charge in [-0.1, -0.05) is 69.4 Å². The molecular formula is C25H38. The van der Waals surface area contributed by atoms with Gasteiger partial charge in [-0.3, -0.25) is 0 Å². The quantitative estimate of drug-likeness (QED) is 0.521. The topological polar surface area (TPSA) is 0 Å². The Morgan fingerprint density at radius 1 is 0.880 bits per heavy atom. The number of allylic oxidation sites excluding steroid dienone is 2. The molecule has 138 valence electrons. The average molecular weight is 339 g/mol. The molecule has 0 heteroatoms. The molecule has 0 aromatic heterocycles. The standard InChI is InChI=1S/C20H28.C5H10/c1-3-16-7-9-19(10-8-16)20-13-11-18(12-14-20)15(2)17-5-4-6-17;1-5-3-2-4-5/h11-14,16,19H,3-10H2,1-2H3;5H,2-4H2,1H3. The summed E-state index contributed by atoms with van der Waals surface area (Å²) in [6, 6.07) is 9.52. The fourth-order valence-corrected chi connectivity index (χ4v) is 4.45. The van der Waals surface area contributed by atoms with Gasteiger partial charge in [-0.2, -0.15) is 0 Å². The molecule has 0 radical (unpaired) electrons. The molecule has 0 N–H and O–H groups in total. The largest absolute Gasteiger partial charge is 0.0667 e. The van der Waals surface area contributed by atoms with E-state index in [1.165, 1.54) is 81.8 Å². The Balaban J connectivity index is 0.000000314. The molecule has 3 saturated carbocycles. The smallest absolute Gasteiger partial charge is 0.0162 e. The van der Waals surface area contributed by atoms with Crippen LogP contribution in [0.2, 0.25) is 0 Å². The van der Waals surface area contributed by atoms with Gasteiger partial charge in [-0.25, -0.2) is 0 Å². The highest BCUT2D eigenvalue weighted by Gasteiger charge is 2.21. The van der Waals surface area contributed by atoms with Gasteiger partial charge in [0.25, 0.3) is 0 Å². The zero-order chi connectivity index (χ0) is 17.6. The van der Waals surface area contributed by atoms with Crippen molar-refractivity contribution in [3.63, 3.8) is 0 Å². The van der Waals surface area contributed by atoms with Crippen LogP contribution in [0.15, 0.2) is 29.8 Å². The van der Waals surface area contributed by atoms with E-state index in [4.69, 9.17) is 0 Å². The molecule has 25 heavy (non-hydrogen) atoms. The fourth-order valence-electron chi connectivity index (χ4n) is 4.45. The van der Waals surface area contributed by atoms with Crippen LogP contribution in [0, 0.1) is 11.8 Å². The molecule has 3 aliphatic carbocycles. The minimum absolute atomic E-state index is 0.823. The van der Waals surface area contributed by atoms with Gasteiger partial charge in [0.15, 0.2) is 0 Å². The van der Waals surface area contributed by atoms with Crippen LogP contribution in [0.3, 0.4) is 0 Å². The minimum Gasteiger partial charge on any atom is -0.0667 e. The molecule has 3 fully saturated rings. The second-order valence-electron chi connectivity index (χ2n) is 8.87. The summed E-state index contributed by atoms with van der Waals surface area (Å²) in [7, 11) is 0. The van der Waals surface area contributed by atoms with E-state index in [9.17, 15) is 0 Å². The molecule has 0 unspecified atom stereocenters. The Morgan fingerprint density at radius 2 is 1.48 bits per heavy atom. The lowest BCUT2D eigenvalue weighted by atomic mass is 9.77. The van der Waals surface area contributed by atoms with Crippen molar-refractivity contribution in [2.75, 3.05) is 0 Å². The van der Waals surface area contributed by atoms with Crippen LogP contribution >= 0.6 is 0 Å². The van der Waals surface area contributed by atoms with Crippen molar-refractivity contribution in [3.8, 4) is 0 Å². The van der Waals surface area contributed by atoms with Crippen LogP contribution in [0.25, 0.3) is 5.57 Å². The van der Waals surface area contributed by atoms with Gasteiger partial charge in [0.05, 0.1) is 0 Å². The van der Waals surface area contributed by atoms with Gasteiger partial charge >= 0.3 is 0 Å². The molecule has 0 atom stereocenters. The molecular weight excluding hydrogens is 300 g/mol. The Kier molecular flexibility index (Phi) is 6.79. The van der Waals surface area contributed by atoms with Gasteiger partial charge < -0.3 is 0 Å². The summed E-state index contributed by atoms with van der Waals surface area (Å²) in [6.45, 7) is 6.95. The van der Waals surface area contributed by atoms with Crippen LogP contribution in [-0.2, 0) is 0 Å². The first-order valence-electron chi connectivity index (χ1n) is 11.0. The third-order valence-electron chi connectivity index (χ3n) is 7.12. The highest BCUT2D eigenvalue weighted by atomic mass is 14.3. The summed E-state index contributed by atoms with van der Waals surface area (Å²) < 4.78 is 0. The molecule has 0 amide bonds. The molecule has 1 aromatic carbocycles. The molecule has 1 aromatic rings. The summed E-state index contributed by atoms with van der Waals surface area (Å²) in [6.07, 6.45) is 15.6. The zero-order valence-corrected chi connectivity index (χ0v) is 16.8. The number of rotatable bonds is 3. The summed E-state index contributed by atoms with van der Waals surface area (Å²) >= 11 is 0. The highest BCUT2D eigenvalue weighted by molar-refractivity contribution is 5.68. The van der Waals surface area contributed by atoms with Gasteiger partial charge in [0.2, 0.25) is 0 Å². The summed E-state index contributed by atoms with van der Waals surface area (Å²) in [5.74, 6) is 2.88. The van der Waals surface area contributed by atoms with Gasteiger partial charge in [0, 0.05) is 0 Å². The molecule has 3 aliphatic rings. The van der Waals surface area contributed by atoms with E-state index < -0.39 is 0 Å². The summed E-state index contributed by atoms with van der Waals surface area (Å²) in [5.41, 5.74) is 6.25. The molecule has 0 heterocycles. The molecule has 4 rings (SSSR count). The maximum Gasteiger partial charge on any atom is -0.0162 e. The van der Waals surface area contributed by atoms with Crippen LogP contribution in [0.1, 0.15) is 108 Å². The molecule has 0 aliphatic heterocycles. The Morgan fingerprint density at radius 3 is 1.88 bits per heavy atom. The summed E-state index contributed by atoms with van der Waals surface area (Å²) in [4.78, 5) is 0. The molecule has 0 saturated heterocycles. The number of hydrogen-bond acceptors (Lipinski definition) is 0. The van der Waals surface area contributed by atoms with Crippen LogP contribution in [-0.4, -0.2) is 0 Å². The number of hydrogen-bond donors (Lipinski definition) is 0. The third kappa shape index (κ3) is 4.99. The van der Waals surface area contributed by atoms with Crippen molar-refractivity contribution < 1.29 is 0 Å². The zero-order valence-electron chi connectivity index (χ0n) is 16.8. The Bertz CT molecular complexity index is 544. The first-order valence-corrected chi connectivity index (χ1v) is 11.0. The van der Waals surface area contributed by atoms with Crippen molar-refractivity contribution in [3.05, 3.63) is 41.0 Å². The van der Waals surface area contributed by atoms with Crippen LogP contribution in [0.5, 0.6) is 0 Å². The first kappa shape index (κ1) is 18.7. The van der Waals surface area contributed by atoms with Crippen molar-refractivity contribution in [2.45, 2.75) is 97.3 Å². The predicted octanol–water partition coefficient (Wildman–Crippen LogP) is 8.13. The summed E-state index contributed by atoms with van der Waals surface area (Å²) in [5, 5.41) is 0. The predicted molar refractivity (Wildman–Crippen MR) is 111 cm³/mol. The number of benzene rings is 1. The first-order chi connectivity index (χ1) is 12.2. The van der Waals surface area contributed by atoms with Crippen molar-refractivity contribution in [2.24, 2.45) is 11.8 Å². The Hall–Kier alpha value is -1.04. The lowest BCUT2D eigenvalue weighted by Crippen LogP contribution is -2.12. The van der Waals surface area contributed by atoms with Crippen molar-refractivity contribution in [1.29, 1.82) is 0 Å². The lowest BCUT2D eigenvalue weighted by Gasteiger charge is -2.28. The van der Waals surface area contributed by atoms with Crippen LogP contribution < -0.4 is 0 Å². The minimum atomic E-state index is 0.823. The van der Waals surface area contributed by atoms with E-state index in [1.54, 1.807) is 11.1 Å². The highest BCUT2D eigenvalue weighted by Crippen LogP contribution is 2.38. The SMILES string of the molecule is CC1CCC1.CCC1CCC(c2ccc(C(C)=C3CCC3)cc2)CC1. The van der Waals surface area contributed by atoms with Gasteiger partial charge in [0.1, 0.15) is 0 Å². The maximum atomic E-state index is 2.40. The van der Waals surface area contributed by atoms with E-state index in [0.717, 1.165) is 17.8 Å². The van der Waals surface area contributed by atoms with Crippen molar-refractivity contribution in [1.82, 2.24) is 0 Å². The lowest BCUT2D eigenvalue weighted by molar-refractivity contribution is 0.319. The maximum absolute atomic E-state index is 2.40. The fraction of sp³-hybridized carbons (Fsp3) is 0.680. The van der Waals surface area contributed by atoms with E-state index in [-0.39, 0.29) is 0 Å². The van der Waals surface area contributed by atoms with Crippen molar-refractivity contribution >= 4 is 5.57 Å². The third-order valence-corrected chi connectivity index (χ3v) is 7.12. The molecule has 0 nitrogen and oxygen atoms in total. The van der Waals surface area contributed by atoms with E-state index in [2.05, 4.69) is 45.0 Å². The second kappa shape index (κ2) is 9.06. The normalized spacial score (nSPS) is 26.1. The monoisotopic (exact) mass is 338 g/mol. The van der Waals surface area contributed by atoms with Gasteiger partial charge in [-0.05, 0) is 86.3 Å². The average Bonchev–Trinajstić information content (AvgIpc) is 2.59. The van der Waals surface area contributed by atoms with Gasteiger partial charge in [-0.15, -0.1) is 0 Å². The Labute approximate surface area is 156 Å². The van der Waals surface area contributed by atoms with E-state index in [0.29, 0.717) is 0 Å². The molecule has 0 spiro atoms. The van der Waals surface area contributed by atoms with E-state index in [1.807, 2.05) is 0 Å². The second-order valence-corrected chi connectivity index (χ2v) is 8.87.